The van der Waals surface area contributed by atoms with Crippen LogP contribution in [0.2, 0.25) is 0 Å². The quantitative estimate of drug-likeness (QED) is 0.367. The first-order valence-corrected chi connectivity index (χ1v) is 6.91. The number of rotatable bonds is 9. The van der Waals surface area contributed by atoms with Gasteiger partial charge in [-0.3, -0.25) is 9.59 Å². The highest BCUT2D eigenvalue weighted by atomic mass is 16.6. The van der Waals surface area contributed by atoms with E-state index in [1.165, 1.54) is 20.1 Å². The third-order valence-electron chi connectivity index (χ3n) is 2.88. The van der Waals surface area contributed by atoms with E-state index in [1.54, 1.807) is 0 Å². The molecule has 0 aromatic carbocycles. The molecule has 20 heavy (non-hydrogen) atoms. The molecule has 114 valence electrons. The van der Waals surface area contributed by atoms with Crippen LogP contribution in [0.25, 0.3) is 0 Å². The first-order valence-electron chi connectivity index (χ1n) is 6.91. The van der Waals surface area contributed by atoms with Gasteiger partial charge in [-0.05, 0) is 51.5 Å². The zero-order valence-electron chi connectivity index (χ0n) is 13.0. The van der Waals surface area contributed by atoms with E-state index in [4.69, 9.17) is 9.47 Å². The number of carbonyl (C=O) groups is 2. The Morgan fingerprint density at radius 2 is 1.90 bits per heavy atom. The van der Waals surface area contributed by atoms with Gasteiger partial charge < -0.3 is 9.47 Å². The van der Waals surface area contributed by atoms with Crippen molar-refractivity contribution >= 4 is 11.9 Å². The van der Waals surface area contributed by atoms with Gasteiger partial charge in [0.25, 0.3) is 0 Å². The average Bonchev–Trinajstić information content (AvgIpc) is 2.30. The van der Waals surface area contributed by atoms with Crippen molar-refractivity contribution in [1.82, 2.24) is 0 Å². The number of carbonyl (C=O) groups excluding carboxylic acids is 2. The summed E-state index contributed by atoms with van der Waals surface area (Å²) in [7, 11) is 0. The molecule has 0 amide bonds. The maximum Gasteiger partial charge on any atom is 0.307 e. The molecule has 0 N–H and O–H groups in total. The summed E-state index contributed by atoms with van der Waals surface area (Å²) in [6.07, 6.45) is 8.63. The SMILES string of the molecule is C=CC(C/C=C\OC(C)=O)CCCC(C)(C)OC(C)=O. The highest BCUT2D eigenvalue weighted by Crippen LogP contribution is 2.22. The molecule has 0 aromatic heterocycles. The summed E-state index contributed by atoms with van der Waals surface area (Å²) >= 11 is 0. The molecular formula is C16H26O4. The van der Waals surface area contributed by atoms with Gasteiger partial charge in [-0.1, -0.05) is 6.08 Å². The maximum atomic E-state index is 11.0. The second kappa shape index (κ2) is 9.34. The Kier molecular flexibility index (Phi) is 8.61. The van der Waals surface area contributed by atoms with E-state index in [2.05, 4.69) is 6.58 Å². The van der Waals surface area contributed by atoms with Crippen molar-refractivity contribution in [1.29, 1.82) is 0 Å². The lowest BCUT2D eigenvalue weighted by Gasteiger charge is -2.24. The molecule has 0 spiro atoms. The Morgan fingerprint density at radius 3 is 2.40 bits per heavy atom. The van der Waals surface area contributed by atoms with E-state index in [0.717, 1.165) is 25.7 Å². The van der Waals surface area contributed by atoms with Gasteiger partial charge in [-0.15, -0.1) is 6.58 Å². The first-order chi connectivity index (χ1) is 9.26. The van der Waals surface area contributed by atoms with Crippen molar-refractivity contribution in [2.24, 2.45) is 5.92 Å². The van der Waals surface area contributed by atoms with Gasteiger partial charge in [-0.2, -0.15) is 0 Å². The van der Waals surface area contributed by atoms with Crippen LogP contribution < -0.4 is 0 Å². The van der Waals surface area contributed by atoms with E-state index in [1.807, 2.05) is 26.0 Å². The smallest absolute Gasteiger partial charge is 0.307 e. The number of hydrogen-bond acceptors (Lipinski definition) is 4. The molecule has 1 atom stereocenters. The monoisotopic (exact) mass is 282 g/mol. The number of allylic oxidation sites excluding steroid dienone is 2. The van der Waals surface area contributed by atoms with Crippen molar-refractivity contribution in [2.45, 2.75) is 59.0 Å². The van der Waals surface area contributed by atoms with Crippen molar-refractivity contribution < 1.29 is 19.1 Å². The Labute approximate surface area is 121 Å². The van der Waals surface area contributed by atoms with Gasteiger partial charge in [0.15, 0.2) is 0 Å². The average molecular weight is 282 g/mol. The highest BCUT2D eigenvalue weighted by Gasteiger charge is 2.20. The maximum absolute atomic E-state index is 11.0. The lowest BCUT2D eigenvalue weighted by Crippen LogP contribution is -2.26. The van der Waals surface area contributed by atoms with Gasteiger partial charge in [0.1, 0.15) is 5.60 Å². The van der Waals surface area contributed by atoms with Crippen LogP contribution in [-0.4, -0.2) is 17.5 Å². The lowest BCUT2D eigenvalue weighted by atomic mass is 9.94. The molecule has 0 fully saturated rings. The second-order valence-corrected chi connectivity index (χ2v) is 5.46. The molecule has 0 heterocycles. The van der Waals surface area contributed by atoms with Crippen LogP contribution in [0, 0.1) is 5.92 Å². The predicted molar refractivity (Wildman–Crippen MR) is 78.9 cm³/mol. The second-order valence-electron chi connectivity index (χ2n) is 5.46. The highest BCUT2D eigenvalue weighted by molar-refractivity contribution is 5.66. The van der Waals surface area contributed by atoms with Crippen molar-refractivity contribution in [3.05, 3.63) is 25.0 Å². The van der Waals surface area contributed by atoms with Crippen LogP contribution in [-0.2, 0) is 19.1 Å². The summed E-state index contributed by atoms with van der Waals surface area (Å²) < 4.78 is 9.97. The summed E-state index contributed by atoms with van der Waals surface area (Å²) in [5, 5.41) is 0. The largest absolute Gasteiger partial charge is 0.460 e. The normalized spacial score (nSPS) is 13.0. The van der Waals surface area contributed by atoms with Gasteiger partial charge in [-0.25, -0.2) is 0 Å². The molecule has 0 aliphatic heterocycles. The fourth-order valence-electron chi connectivity index (χ4n) is 1.94. The minimum atomic E-state index is -0.425. The summed E-state index contributed by atoms with van der Waals surface area (Å²) in [5.41, 5.74) is -0.425. The van der Waals surface area contributed by atoms with Gasteiger partial charge >= 0.3 is 11.9 Å². The van der Waals surface area contributed by atoms with Crippen molar-refractivity contribution in [3.63, 3.8) is 0 Å². The number of ether oxygens (including phenoxy) is 2. The summed E-state index contributed by atoms with van der Waals surface area (Å²) in [6.45, 7) is 10.4. The Morgan fingerprint density at radius 1 is 1.25 bits per heavy atom. The Hall–Kier alpha value is -1.58. The molecule has 0 bridgehead atoms. The van der Waals surface area contributed by atoms with Crippen LogP contribution >= 0.6 is 0 Å². The number of esters is 2. The fraction of sp³-hybridized carbons (Fsp3) is 0.625. The van der Waals surface area contributed by atoms with E-state index < -0.39 is 5.60 Å². The van der Waals surface area contributed by atoms with Crippen LogP contribution in [0.15, 0.2) is 25.0 Å². The topological polar surface area (TPSA) is 52.6 Å². The summed E-state index contributed by atoms with van der Waals surface area (Å²) in [5.74, 6) is -0.242. The molecule has 1 unspecified atom stereocenters. The van der Waals surface area contributed by atoms with Crippen LogP contribution in [0.4, 0.5) is 0 Å². The van der Waals surface area contributed by atoms with Crippen molar-refractivity contribution in [2.75, 3.05) is 0 Å². The van der Waals surface area contributed by atoms with E-state index >= 15 is 0 Å². The van der Waals surface area contributed by atoms with E-state index in [-0.39, 0.29) is 11.9 Å². The molecule has 4 heteroatoms. The fourth-order valence-corrected chi connectivity index (χ4v) is 1.94. The van der Waals surface area contributed by atoms with E-state index in [9.17, 15) is 9.59 Å². The molecular weight excluding hydrogens is 256 g/mol. The third kappa shape index (κ3) is 10.4. The van der Waals surface area contributed by atoms with Crippen LogP contribution in [0.5, 0.6) is 0 Å². The molecule has 0 aliphatic carbocycles. The zero-order valence-corrected chi connectivity index (χ0v) is 13.0. The Bertz CT molecular complexity index is 355. The standard InChI is InChI=1S/C16H26O4/c1-6-15(10-8-12-19-13(2)17)9-7-11-16(4,5)20-14(3)18/h6,8,12,15H,1,7,9-11H2,2-5H3/b12-8-. The minimum Gasteiger partial charge on any atom is -0.460 e. The molecule has 0 radical (unpaired) electrons. The molecule has 0 saturated carbocycles. The zero-order chi connectivity index (χ0) is 15.6. The Balaban J connectivity index is 4.01. The third-order valence-corrected chi connectivity index (χ3v) is 2.88. The molecule has 0 saturated heterocycles. The van der Waals surface area contributed by atoms with Crippen LogP contribution in [0.1, 0.15) is 53.4 Å². The van der Waals surface area contributed by atoms with Gasteiger partial charge in [0.05, 0.1) is 6.26 Å². The minimum absolute atomic E-state index is 0.250. The summed E-state index contributed by atoms with van der Waals surface area (Å²) in [4.78, 5) is 21.5. The van der Waals surface area contributed by atoms with Gasteiger partial charge in [0, 0.05) is 13.8 Å². The molecule has 0 aromatic rings. The first kappa shape index (κ1) is 18.4. The van der Waals surface area contributed by atoms with Gasteiger partial charge in [0.2, 0.25) is 0 Å². The molecule has 4 nitrogen and oxygen atoms in total. The molecule has 0 aliphatic rings. The van der Waals surface area contributed by atoms with Crippen LogP contribution in [0.3, 0.4) is 0 Å². The number of hydrogen-bond donors (Lipinski definition) is 0. The lowest BCUT2D eigenvalue weighted by molar-refractivity contribution is -0.154. The van der Waals surface area contributed by atoms with E-state index in [0.29, 0.717) is 5.92 Å². The van der Waals surface area contributed by atoms with Crippen molar-refractivity contribution in [3.8, 4) is 0 Å². The molecule has 0 rings (SSSR count). The predicted octanol–water partition coefficient (Wildman–Crippen LogP) is 3.77. The summed E-state index contributed by atoms with van der Waals surface area (Å²) in [6, 6.07) is 0.